The second kappa shape index (κ2) is 5.47. The maximum absolute atomic E-state index is 10.4. The maximum Gasteiger partial charge on any atom is 0.168 e. The van der Waals surface area contributed by atoms with Crippen LogP contribution in [0.15, 0.2) is 39.5 Å². The SMILES string of the molecule is CC#CC(O)C1=C(c2csc3ccccc23)N2CCN=C2S1. The first kappa shape index (κ1) is 13.9. The van der Waals surface area contributed by atoms with Crippen molar-refractivity contribution in [2.24, 2.45) is 4.99 Å². The third kappa shape index (κ3) is 2.07. The Morgan fingerprint density at radius 1 is 1.36 bits per heavy atom. The smallest absolute Gasteiger partial charge is 0.168 e. The van der Waals surface area contributed by atoms with Crippen LogP contribution < -0.4 is 0 Å². The van der Waals surface area contributed by atoms with Crippen LogP contribution in [0, 0.1) is 11.8 Å². The molecular weight excluding hydrogens is 312 g/mol. The number of thioether (sulfide) groups is 1. The van der Waals surface area contributed by atoms with Crippen molar-refractivity contribution in [1.29, 1.82) is 0 Å². The van der Waals surface area contributed by atoms with Crippen LogP contribution in [0.1, 0.15) is 12.5 Å². The van der Waals surface area contributed by atoms with Gasteiger partial charge in [-0.1, -0.05) is 35.9 Å². The van der Waals surface area contributed by atoms with E-state index in [1.807, 2.05) is 0 Å². The number of aliphatic hydroxyl groups is 1. The molecule has 110 valence electrons. The van der Waals surface area contributed by atoms with E-state index in [1.165, 1.54) is 15.6 Å². The van der Waals surface area contributed by atoms with E-state index in [0.717, 1.165) is 28.9 Å². The van der Waals surface area contributed by atoms with E-state index >= 15 is 0 Å². The zero-order chi connectivity index (χ0) is 15.1. The number of rotatable bonds is 2. The minimum Gasteiger partial charge on any atom is -0.375 e. The molecule has 3 heterocycles. The summed E-state index contributed by atoms with van der Waals surface area (Å²) in [6.07, 6.45) is -0.753. The molecule has 22 heavy (non-hydrogen) atoms. The molecule has 0 radical (unpaired) electrons. The summed E-state index contributed by atoms with van der Waals surface area (Å²) >= 11 is 3.29. The summed E-state index contributed by atoms with van der Waals surface area (Å²) < 4.78 is 1.26. The summed E-state index contributed by atoms with van der Waals surface area (Å²) in [7, 11) is 0. The molecule has 0 saturated carbocycles. The molecule has 1 atom stereocenters. The quantitative estimate of drug-likeness (QED) is 0.860. The van der Waals surface area contributed by atoms with Crippen molar-refractivity contribution >= 4 is 44.0 Å². The minimum absolute atomic E-state index is 0.753. The van der Waals surface area contributed by atoms with Gasteiger partial charge in [-0.3, -0.25) is 4.99 Å². The third-order valence-electron chi connectivity index (χ3n) is 3.77. The first-order valence-electron chi connectivity index (χ1n) is 7.10. The Kier molecular flexibility index (Phi) is 3.45. The van der Waals surface area contributed by atoms with Crippen molar-refractivity contribution in [3.63, 3.8) is 0 Å². The molecule has 0 saturated heterocycles. The fourth-order valence-corrected chi connectivity index (χ4v) is 4.91. The van der Waals surface area contributed by atoms with Gasteiger partial charge in [0.2, 0.25) is 0 Å². The fourth-order valence-electron chi connectivity index (χ4n) is 2.83. The normalized spacial score (nSPS) is 18.3. The maximum atomic E-state index is 10.4. The molecule has 0 bridgehead atoms. The predicted molar refractivity (Wildman–Crippen MR) is 94.8 cm³/mol. The fraction of sp³-hybridized carbons (Fsp3) is 0.235. The summed E-state index contributed by atoms with van der Waals surface area (Å²) in [4.78, 5) is 7.66. The number of aliphatic hydroxyl groups excluding tert-OH is 1. The first-order valence-corrected chi connectivity index (χ1v) is 8.80. The van der Waals surface area contributed by atoms with E-state index in [4.69, 9.17) is 0 Å². The van der Waals surface area contributed by atoms with Gasteiger partial charge in [-0.05, 0) is 13.0 Å². The summed E-state index contributed by atoms with van der Waals surface area (Å²) in [5, 5.41) is 14.8. The van der Waals surface area contributed by atoms with Crippen molar-refractivity contribution in [3.8, 4) is 11.8 Å². The van der Waals surface area contributed by atoms with Crippen LogP contribution in [0.3, 0.4) is 0 Å². The third-order valence-corrected chi connectivity index (χ3v) is 5.90. The molecule has 2 aromatic rings. The van der Waals surface area contributed by atoms with Crippen molar-refractivity contribution in [2.75, 3.05) is 13.1 Å². The zero-order valence-corrected chi connectivity index (χ0v) is 13.7. The summed E-state index contributed by atoms with van der Waals surface area (Å²) in [6, 6.07) is 8.39. The van der Waals surface area contributed by atoms with Crippen molar-refractivity contribution in [1.82, 2.24) is 4.90 Å². The summed E-state index contributed by atoms with van der Waals surface area (Å²) in [6.45, 7) is 3.44. The number of amidine groups is 1. The van der Waals surface area contributed by atoms with Gasteiger partial charge in [0.15, 0.2) is 5.17 Å². The Morgan fingerprint density at radius 2 is 2.23 bits per heavy atom. The van der Waals surface area contributed by atoms with Crippen LogP contribution in [0.5, 0.6) is 0 Å². The summed E-state index contributed by atoms with van der Waals surface area (Å²) in [5.74, 6) is 5.68. The number of hydrogen-bond acceptors (Lipinski definition) is 5. The average Bonchev–Trinajstić information content (AvgIpc) is 3.20. The Bertz CT molecular complexity index is 869. The van der Waals surface area contributed by atoms with Gasteiger partial charge in [-0.2, -0.15) is 0 Å². The predicted octanol–water partition coefficient (Wildman–Crippen LogP) is 3.37. The van der Waals surface area contributed by atoms with Crippen molar-refractivity contribution in [3.05, 3.63) is 40.1 Å². The number of benzene rings is 1. The van der Waals surface area contributed by atoms with E-state index in [1.54, 1.807) is 30.0 Å². The molecule has 0 fully saturated rings. The molecule has 0 amide bonds. The molecule has 5 heteroatoms. The molecule has 2 aliphatic rings. The van der Waals surface area contributed by atoms with Crippen molar-refractivity contribution in [2.45, 2.75) is 13.0 Å². The minimum atomic E-state index is -0.753. The molecule has 1 unspecified atom stereocenters. The van der Waals surface area contributed by atoms with Crippen LogP contribution in [0.2, 0.25) is 0 Å². The van der Waals surface area contributed by atoms with Crippen molar-refractivity contribution < 1.29 is 5.11 Å². The van der Waals surface area contributed by atoms with Crippen LogP contribution in [-0.4, -0.2) is 34.4 Å². The molecule has 1 N–H and O–H groups in total. The molecule has 0 spiro atoms. The highest BCUT2D eigenvalue weighted by molar-refractivity contribution is 8.17. The van der Waals surface area contributed by atoms with E-state index in [9.17, 15) is 5.11 Å². The summed E-state index contributed by atoms with van der Waals surface area (Å²) in [5.41, 5.74) is 2.25. The monoisotopic (exact) mass is 326 g/mol. The lowest BCUT2D eigenvalue weighted by Crippen LogP contribution is -2.20. The topological polar surface area (TPSA) is 35.8 Å². The number of nitrogens with zero attached hydrogens (tertiary/aromatic N) is 2. The number of fused-ring (bicyclic) bond motifs is 2. The van der Waals surface area contributed by atoms with Gasteiger partial charge >= 0.3 is 0 Å². The van der Waals surface area contributed by atoms with Gasteiger partial charge in [-0.15, -0.1) is 17.3 Å². The second-order valence-corrected chi connectivity index (χ2v) is 6.99. The number of thiophene rings is 1. The highest BCUT2D eigenvalue weighted by Crippen LogP contribution is 2.45. The first-order chi connectivity index (χ1) is 10.8. The molecule has 4 rings (SSSR count). The van der Waals surface area contributed by atoms with Gasteiger partial charge in [0.25, 0.3) is 0 Å². The van der Waals surface area contributed by atoms with Crippen LogP contribution in [-0.2, 0) is 0 Å². The van der Waals surface area contributed by atoms with E-state index in [2.05, 4.69) is 51.4 Å². The number of aliphatic imine (C=N–C) groups is 1. The van der Waals surface area contributed by atoms with Gasteiger partial charge in [0.1, 0.15) is 6.10 Å². The van der Waals surface area contributed by atoms with Gasteiger partial charge < -0.3 is 10.0 Å². The Balaban J connectivity index is 1.92. The Labute approximate surface area is 137 Å². The van der Waals surface area contributed by atoms with E-state index in [0.29, 0.717) is 0 Å². The average molecular weight is 326 g/mol. The zero-order valence-electron chi connectivity index (χ0n) is 12.0. The molecular formula is C17H14N2OS2. The Morgan fingerprint density at radius 3 is 3.09 bits per heavy atom. The molecule has 1 aromatic heterocycles. The Hall–Kier alpha value is -1.74. The van der Waals surface area contributed by atoms with Crippen LogP contribution >= 0.6 is 23.1 Å². The standard InChI is InChI=1S/C17H14N2OS2/c1-2-5-13(20)16-15(19-9-8-18-17(19)22-16)12-10-21-14-7-4-3-6-11(12)14/h3-4,6-7,10,13,20H,8-9H2,1H3. The van der Waals surface area contributed by atoms with Crippen LogP contribution in [0.25, 0.3) is 15.8 Å². The van der Waals surface area contributed by atoms with E-state index in [-0.39, 0.29) is 0 Å². The lowest BCUT2D eigenvalue weighted by molar-refractivity contribution is 0.277. The molecule has 2 aliphatic heterocycles. The second-order valence-electron chi connectivity index (χ2n) is 5.07. The lowest BCUT2D eigenvalue weighted by Gasteiger charge is -2.17. The molecule has 0 aliphatic carbocycles. The number of hydrogen-bond donors (Lipinski definition) is 1. The van der Waals surface area contributed by atoms with E-state index < -0.39 is 6.10 Å². The highest BCUT2D eigenvalue weighted by Gasteiger charge is 2.36. The highest BCUT2D eigenvalue weighted by atomic mass is 32.2. The molecule has 3 nitrogen and oxygen atoms in total. The van der Waals surface area contributed by atoms with Gasteiger partial charge in [0, 0.05) is 27.6 Å². The largest absolute Gasteiger partial charge is 0.375 e. The van der Waals surface area contributed by atoms with Gasteiger partial charge in [-0.25, -0.2) is 0 Å². The molecule has 1 aromatic carbocycles. The van der Waals surface area contributed by atoms with Gasteiger partial charge in [0.05, 0.1) is 17.1 Å². The lowest BCUT2D eigenvalue weighted by atomic mass is 10.1. The van der Waals surface area contributed by atoms with Crippen LogP contribution in [0.4, 0.5) is 0 Å².